The van der Waals surface area contributed by atoms with E-state index in [1.165, 1.54) is 4.57 Å². The van der Waals surface area contributed by atoms with E-state index in [1.807, 2.05) is 25.1 Å². The summed E-state index contributed by atoms with van der Waals surface area (Å²) in [6.45, 7) is 1.89. The van der Waals surface area contributed by atoms with Crippen LogP contribution in [0.15, 0.2) is 57.9 Å². The molecule has 0 aliphatic carbocycles. The summed E-state index contributed by atoms with van der Waals surface area (Å²) in [6.07, 6.45) is 1.73. The molecular formula is C16H11N2O2+. The molecule has 0 saturated heterocycles. The number of aryl methyl sites for hydroxylation is 1. The van der Waals surface area contributed by atoms with E-state index in [0.29, 0.717) is 16.8 Å². The SMILES string of the molecule is Cc1cccc2c[n+](-c3cccc(C#N)c3)c(=O)oc12. The van der Waals surface area contributed by atoms with Gasteiger partial charge in [0.25, 0.3) is 0 Å². The summed E-state index contributed by atoms with van der Waals surface area (Å²) in [5, 5.41) is 9.77. The van der Waals surface area contributed by atoms with Crippen molar-refractivity contribution >= 4 is 11.0 Å². The Labute approximate surface area is 115 Å². The average molecular weight is 263 g/mol. The Balaban J connectivity index is 2.29. The number of aromatic nitrogens is 1. The van der Waals surface area contributed by atoms with E-state index in [0.717, 1.165) is 10.9 Å². The monoisotopic (exact) mass is 263 g/mol. The lowest BCUT2D eigenvalue weighted by Crippen LogP contribution is -2.46. The van der Waals surface area contributed by atoms with Crippen LogP contribution in [0.25, 0.3) is 16.7 Å². The van der Waals surface area contributed by atoms with Crippen LogP contribution in [-0.2, 0) is 0 Å². The number of benzene rings is 2. The number of nitrogens with zero attached hydrogens (tertiary/aromatic N) is 2. The molecular weight excluding hydrogens is 252 g/mol. The molecule has 0 radical (unpaired) electrons. The third-order valence-electron chi connectivity index (χ3n) is 3.15. The molecule has 0 aliphatic heterocycles. The highest BCUT2D eigenvalue weighted by Gasteiger charge is 2.16. The standard InChI is InChI=1S/C16H11N2O2/c1-11-4-2-6-13-10-18(16(19)20-15(11)13)14-7-3-5-12(8-14)9-17/h2-8,10H,1H3/q+1. The van der Waals surface area contributed by atoms with Crippen molar-refractivity contribution in [2.24, 2.45) is 0 Å². The number of hydrogen-bond acceptors (Lipinski definition) is 3. The molecule has 0 bridgehead atoms. The Morgan fingerprint density at radius 1 is 1.20 bits per heavy atom. The van der Waals surface area contributed by atoms with Crippen molar-refractivity contribution in [3.05, 3.63) is 70.3 Å². The highest BCUT2D eigenvalue weighted by Crippen LogP contribution is 2.15. The van der Waals surface area contributed by atoms with Gasteiger partial charge in [0.2, 0.25) is 5.69 Å². The van der Waals surface area contributed by atoms with Crippen LogP contribution in [0, 0.1) is 18.3 Å². The smallest absolute Gasteiger partial charge is 0.371 e. The molecule has 3 rings (SSSR count). The Kier molecular flexibility index (Phi) is 2.81. The molecule has 4 heteroatoms. The van der Waals surface area contributed by atoms with E-state index in [2.05, 4.69) is 6.07 Å². The number of fused-ring (bicyclic) bond motifs is 1. The lowest BCUT2D eigenvalue weighted by atomic mass is 10.2. The first kappa shape index (κ1) is 12.1. The Bertz CT molecular complexity index is 904. The second-order valence-corrected chi connectivity index (χ2v) is 4.52. The first-order valence-electron chi connectivity index (χ1n) is 6.15. The molecule has 3 aromatic rings. The van der Waals surface area contributed by atoms with Crippen molar-refractivity contribution in [1.29, 1.82) is 5.26 Å². The Morgan fingerprint density at radius 3 is 2.80 bits per heavy atom. The summed E-state index contributed by atoms with van der Waals surface area (Å²) < 4.78 is 6.78. The predicted molar refractivity (Wildman–Crippen MR) is 73.5 cm³/mol. The fourth-order valence-electron chi connectivity index (χ4n) is 2.15. The van der Waals surface area contributed by atoms with E-state index >= 15 is 0 Å². The summed E-state index contributed by atoms with van der Waals surface area (Å²) in [5.41, 5.74) is 2.61. The molecule has 1 aromatic heterocycles. The Morgan fingerprint density at radius 2 is 2.00 bits per heavy atom. The van der Waals surface area contributed by atoms with E-state index < -0.39 is 5.76 Å². The van der Waals surface area contributed by atoms with Gasteiger partial charge in [-0.05, 0) is 24.6 Å². The van der Waals surface area contributed by atoms with Gasteiger partial charge in [-0.2, -0.15) is 10.1 Å². The first-order chi connectivity index (χ1) is 9.69. The van der Waals surface area contributed by atoms with Crippen LogP contribution in [0.3, 0.4) is 0 Å². The van der Waals surface area contributed by atoms with Crippen molar-refractivity contribution in [3.63, 3.8) is 0 Å². The molecule has 20 heavy (non-hydrogen) atoms. The summed E-state index contributed by atoms with van der Waals surface area (Å²) in [7, 11) is 0. The van der Waals surface area contributed by atoms with Gasteiger partial charge in [0.1, 0.15) is 0 Å². The summed E-state index contributed by atoms with van der Waals surface area (Å²) in [4.78, 5) is 12.1. The molecule has 2 aromatic carbocycles. The van der Waals surface area contributed by atoms with Crippen molar-refractivity contribution in [3.8, 4) is 11.8 Å². The summed E-state index contributed by atoms with van der Waals surface area (Å²) >= 11 is 0. The van der Waals surface area contributed by atoms with Gasteiger partial charge in [0, 0.05) is 12.1 Å². The second-order valence-electron chi connectivity index (χ2n) is 4.52. The zero-order valence-corrected chi connectivity index (χ0v) is 10.8. The molecule has 0 amide bonds. The first-order valence-corrected chi connectivity index (χ1v) is 6.15. The van der Waals surface area contributed by atoms with Gasteiger partial charge in [-0.15, -0.1) is 0 Å². The minimum absolute atomic E-state index is 0.470. The predicted octanol–water partition coefficient (Wildman–Crippen LogP) is 2.25. The van der Waals surface area contributed by atoms with Crippen LogP contribution < -0.4 is 10.3 Å². The fourth-order valence-corrected chi connectivity index (χ4v) is 2.15. The van der Waals surface area contributed by atoms with E-state index in [-0.39, 0.29) is 0 Å². The van der Waals surface area contributed by atoms with Crippen molar-refractivity contribution in [1.82, 2.24) is 0 Å². The van der Waals surface area contributed by atoms with Crippen molar-refractivity contribution in [2.45, 2.75) is 6.92 Å². The normalized spacial score (nSPS) is 10.4. The minimum Gasteiger partial charge on any atom is -0.371 e. The molecule has 0 atom stereocenters. The van der Waals surface area contributed by atoms with Crippen molar-refractivity contribution in [2.75, 3.05) is 0 Å². The maximum Gasteiger partial charge on any atom is 0.608 e. The van der Waals surface area contributed by atoms with Gasteiger partial charge in [0.15, 0.2) is 11.8 Å². The molecule has 0 N–H and O–H groups in total. The Hall–Kier alpha value is -2.93. The van der Waals surface area contributed by atoms with Gasteiger partial charge in [-0.3, -0.25) is 0 Å². The highest BCUT2D eigenvalue weighted by atomic mass is 16.4. The van der Waals surface area contributed by atoms with E-state index in [9.17, 15) is 4.79 Å². The molecule has 0 unspecified atom stereocenters. The largest absolute Gasteiger partial charge is 0.608 e. The van der Waals surface area contributed by atoms with Gasteiger partial charge in [0.05, 0.1) is 17.0 Å². The van der Waals surface area contributed by atoms with Crippen LogP contribution >= 0.6 is 0 Å². The summed E-state index contributed by atoms with van der Waals surface area (Å²) in [5.74, 6) is -0.470. The van der Waals surface area contributed by atoms with Gasteiger partial charge in [-0.1, -0.05) is 22.8 Å². The maximum absolute atomic E-state index is 12.1. The quantitative estimate of drug-likeness (QED) is 0.633. The van der Waals surface area contributed by atoms with Gasteiger partial charge in [-0.25, -0.2) is 0 Å². The van der Waals surface area contributed by atoms with Gasteiger partial charge < -0.3 is 4.42 Å². The number of para-hydroxylation sites is 1. The van der Waals surface area contributed by atoms with Gasteiger partial charge >= 0.3 is 5.76 Å². The van der Waals surface area contributed by atoms with Crippen LogP contribution in [-0.4, -0.2) is 0 Å². The van der Waals surface area contributed by atoms with E-state index in [4.69, 9.17) is 9.68 Å². The molecule has 0 saturated carbocycles. The van der Waals surface area contributed by atoms with Crippen molar-refractivity contribution < 1.29 is 8.98 Å². The van der Waals surface area contributed by atoms with Crippen LogP contribution in [0.5, 0.6) is 0 Å². The second kappa shape index (κ2) is 4.63. The average Bonchev–Trinajstić information content (AvgIpc) is 2.48. The number of hydrogen-bond donors (Lipinski definition) is 0. The van der Waals surface area contributed by atoms with E-state index in [1.54, 1.807) is 30.5 Å². The topological polar surface area (TPSA) is 57.9 Å². The highest BCUT2D eigenvalue weighted by molar-refractivity contribution is 5.77. The van der Waals surface area contributed by atoms with Crippen LogP contribution in [0.1, 0.15) is 11.1 Å². The fraction of sp³-hybridized carbons (Fsp3) is 0.0625. The molecule has 0 aliphatic rings. The summed E-state index contributed by atoms with van der Waals surface area (Å²) in [6, 6.07) is 14.6. The number of nitriles is 1. The zero-order chi connectivity index (χ0) is 14.1. The van der Waals surface area contributed by atoms with Crippen LogP contribution in [0.4, 0.5) is 0 Å². The zero-order valence-electron chi connectivity index (χ0n) is 10.8. The third-order valence-corrected chi connectivity index (χ3v) is 3.15. The molecule has 0 fully saturated rings. The lowest BCUT2D eigenvalue weighted by molar-refractivity contribution is -0.623. The lowest BCUT2D eigenvalue weighted by Gasteiger charge is -1.99. The molecule has 4 nitrogen and oxygen atoms in total. The molecule has 1 heterocycles. The molecule has 0 spiro atoms. The van der Waals surface area contributed by atoms with Crippen LogP contribution in [0.2, 0.25) is 0 Å². The maximum atomic E-state index is 12.1. The molecule has 96 valence electrons. The minimum atomic E-state index is -0.470. The number of rotatable bonds is 1. The third kappa shape index (κ3) is 1.95.